The van der Waals surface area contributed by atoms with Gasteiger partial charge in [0.1, 0.15) is 5.75 Å². The monoisotopic (exact) mass is 281 g/mol. The highest BCUT2D eigenvalue weighted by Gasteiger charge is 2.06. The molecule has 0 radical (unpaired) electrons. The standard InChI is InChI=1S/C16H27NO3/c1-4-17-13-15-8-5-7-14(2)16(15)20-10-6-9-19-12-11-18-3/h5,7-8,17H,4,6,9-13H2,1-3H3. The molecular formula is C16H27NO3. The van der Waals surface area contributed by atoms with Crippen molar-refractivity contribution in [1.82, 2.24) is 5.32 Å². The zero-order valence-corrected chi connectivity index (χ0v) is 12.9. The van der Waals surface area contributed by atoms with Crippen molar-refractivity contribution >= 4 is 0 Å². The number of methoxy groups -OCH3 is 1. The number of hydrogen-bond donors (Lipinski definition) is 1. The van der Waals surface area contributed by atoms with E-state index in [1.807, 2.05) is 0 Å². The second-order valence-corrected chi connectivity index (χ2v) is 4.65. The highest BCUT2D eigenvalue weighted by Crippen LogP contribution is 2.23. The Hall–Kier alpha value is -1.10. The number of ether oxygens (including phenoxy) is 3. The maximum absolute atomic E-state index is 5.92. The van der Waals surface area contributed by atoms with Crippen LogP contribution in [0.15, 0.2) is 18.2 Å². The molecule has 0 spiro atoms. The highest BCUT2D eigenvalue weighted by molar-refractivity contribution is 5.40. The highest BCUT2D eigenvalue weighted by atomic mass is 16.5. The number of nitrogens with one attached hydrogen (secondary N) is 1. The summed E-state index contributed by atoms with van der Waals surface area (Å²) in [7, 11) is 1.68. The third-order valence-corrected chi connectivity index (χ3v) is 2.97. The molecule has 20 heavy (non-hydrogen) atoms. The molecule has 0 saturated carbocycles. The van der Waals surface area contributed by atoms with Gasteiger partial charge in [0.05, 0.1) is 19.8 Å². The first-order valence-electron chi connectivity index (χ1n) is 7.28. The van der Waals surface area contributed by atoms with Crippen molar-refractivity contribution in [3.63, 3.8) is 0 Å². The first-order valence-corrected chi connectivity index (χ1v) is 7.28. The van der Waals surface area contributed by atoms with Gasteiger partial charge < -0.3 is 19.5 Å². The van der Waals surface area contributed by atoms with Crippen LogP contribution in [-0.2, 0) is 16.0 Å². The average molecular weight is 281 g/mol. The molecular weight excluding hydrogens is 254 g/mol. The van der Waals surface area contributed by atoms with Gasteiger partial charge in [0, 0.05) is 32.2 Å². The molecule has 0 atom stereocenters. The number of hydrogen-bond acceptors (Lipinski definition) is 4. The molecule has 0 aromatic heterocycles. The van der Waals surface area contributed by atoms with Gasteiger partial charge in [0.25, 0.3) is 0 Å². The smallest absolute Gasteiger partial charge is 0.126 e. The molecule has 114 valence electrons. The summed E-state index contributed by atoms with van der Waals surface area (Å²) in [5.74, 6) is 1.00. The minimum Gasteiger partial charge on any atom is -0.493 e. The summed E-state index contributed by atoms with van der Waals surface area (Å²) in [5.41, 5.74) is 2.40. The third-order valence-electron chi connectivity index (χ3n) is 2.97. The van der Waals surface area contributed by atoms with Gasteiger partial charge in [-0.25, -0.2) is 0 Å². The Bertz CT molecular complexity index is 369. The second-order valence-electron chi connectivity index (χ2n) is 4.65. The summed E-state index contributed by atoms with van der Waals surface area (Å²) in [4.78, 5) is 0. The molecule has 0 bridgehead atoms. The Morgan fingerprint density at radius 1 is 1.10 bits per heavy atom. The van der Waals surface area contributed by atoms with Crippen molar-refractivity contribution in [3.05, 3.63) is 29.3 Å². The predicted molar refractivity (Wildman–Crippen MR) is 81.4 cm³/mol. The number of para-hydroxylation sites is 1. The number of rotatable bonds is 11. The summed E-state index contributed by atoms with van der Waals surface area (Å²) >= 11 is 0. The minimum atomic E-state index is 0.644. The Morgan fingerprint density at radius 2 is 1.95 bits per heavy atom. The van der Waals surface area contributed by atoms with E-state index in [0.717, 1.165) is 25.3 Å². The fourth-order valence-corrected chi connectivity index (χ4v) is 1.90. The molecule has 1 aromatic rings. The van der Waals surface area contributed by atoms with Crippen LogP contribution in [0.5, 0.6) is 5.75 Å². The lowest BCUT2D eigenvalue weighted by Gasteiger charge is -2.14. The minimum absolute atomic E-state index is 0.644. The zero-order valence-electron chi connectivity index (χ0n) is 12.9. The van der Waals surface area contributed by atoms with Gasteiger partial charge in [0.2, 0.25) is 0 Å². The summed E-state index contributed by atoms with van der Waals surface area (Å²) < 4.78 is 16.3. The van der Waals surface area contributed by atoms with Crippen molar-refractivity contribution in [2.45, 2.75) is 26.8 Å². The van der Waals surface area contributed by atoms with E-state index in [-0.39, 0.29) is 0 Å². The van der Waals surface area contributed by atoms with Gasteiger partial charge in [-0.05, 0) is 19.0 Å². The van der Waals surface area contributed by atoms with Crippen LogP contribution in [0.25, 0.3) is 0 Å². The molecule has 0 saturated heterocycles. The summed E-state index contributed by atoms with van der Waals surface area (Å²) in [6.45, 7) is 8.67. The van der Waals surface area contributed by atoms with E-state index in [0.29, 0.717) is 26.4 Å². The number of benzene rings is 1. The van der Waals surface area contributed by atoms with E-state index in [9.17, 15) is 0 Å². The van der Waals surface area contributed by atoms with Gasteiger partial charge in [0.15, 0.2) is 0 Å². The fourth-order valence-electron chi connectivity index (χ4n) is 1.90. The Labute approximate surface area is 122 Å². The van der Waals surface area contributed by atoms with Crippen LogP contribution in [0.4, 0.5) is 0 Å². The topological polar surface area (TPSA) is 39.7 Å². The summed E-state index contributed by atoms with van der Waals surface area (Å²) in [5, 5.41) is 3.34. The normalized spacial score (nSPS) is 10.8. The molecule has 1 rings (SSSR count). The first kappa shape index (κ1) is 17.0. The van der Waals surface area contributed by atoms with E-state index in [1.165, 1.54) is 11.1 Å². The molecule has 0 aliphatic heterocycles. The fraction of sp³-hybridized carbons (Fsp3) is 0.625. The Balaban J connectivity index is 2.34. The van der Waals surface area contributed by atoms with Crippen molar-refractivity contribution in [2.24, 2.45) is 0 Å². The second kappa shape index (κ2) is 10.7. The van der Waals surface area contributed by atoms with E-state index in [2.05, 4.69) is 37.4 Å². The predicted octanol–water partition coefficient (Wildman–Crippen LogP) is 2.54. The van der Waals surface area contributed by atoms with Crippen LogP contribution in [-0.4, -0.2) is 40.1 Å². The molecule has 4 heteroatoms. The Morgan fingerprint density at radius 3 is 2.70 bits per heavy atom. The van der Waals surface area contributed by atoms with Crippen LogP contribution in [0.2, 0.25) is 0 Å². The third kappa shape index (κ3) is 6.37. The van der Waals surface area contributed by atoms with Crippen LogP contribution < -0.4 is 10.1 Å². The van der Waals surface area contributed by atoms with Crippen molar-refractivity contribution in [2.75, 3.05) is 40.1 Å². The molecule has 0 heterocycles. The van der Waals surface area contributed by atoms with Gasteiger partial charge in [-0.2, -0.15) is 0 Å². The van der Waals surface area contributed by atoms with Crippen LogP contribution in [0.1, 0.15) is 24.5 Å². The maximum Gasteiger partial charge on any atom is 0.126 e. The van der Waals surface area contributed by atoms with Gasteiger partial charge in [-0.1, -0.05) is 25.1 Å². The molecule has 0 fully saturated rings. The van der Waals surface area contributed by atoms with Crippen LogP contribution in [0.3, 0.4) is 0 Å². The van der Waals surface area contributed by atoms with Crippen LogP contribution in [0, 0.1) is 6.92 Å². The number of aryl methyl sites for hydroxylation is 1. The van der Waals surface area contributed by atoms with Crippen LogP contribution >= 0.6 is 0 Å². The SMILES string of the molecule is CCNCc1cccc(C)c1OCCCOCCOC. The van der Waals surface area contributed by atoms with E-state index < -0.39 is 0 Å². The molecule has 1 aromatic carbocycles. The van der Waals surface area contributed by atoms with Crippen molar-refractivity contribution < 1.29 is 14.2 Å². The largest absolute Gasteiger partial charge is 0.493 e. The molecule has 0 unspecified atom stereocenters. The van der Waals surface area contributed by atoms with Gasteiger partial charge in [-0.15, -0.1) is 0 Å². The average Bonchev–Trinajstić information content (AvgIpc) is 2.46. The van der Waals surface area contributed by atoms with Gasteiger partial charge in [-0.3, -0.25) is 0 Å². The Kier molecular flexibility index (Phi) is 9.04. The summed E-state index contributed by atoms with van der Waals surface area (Å²) in [6.07, 6.45) is 0.888. The molecule has 0 aliphatic carbocycles. The zero-order chi connectivity index (χ0) is 14.6. The molecule has 0 aliphatic rings. The van der Waals surface area contributed by atoms with E-state index in [1.54, 1.807) is 7.11 Å². The first-order chi connectivity index (χ1) is 9.79. The lowest BCUT2D eigenvalue weighted by atomic mass is 10.1. The molecule has 1 N–H and O–H groups in total. The van der Waals surface area contributed by atoms with E-state index in [4.69, 9.17) is 14.2 Å². The van der Waals surface area contributed by atoms with Crippen molar-refractivity contribution in [3.8, 4) is 5.75 Å². The maximum atomic E-state index is 5.92. The van der Waals surface area contributed by atoms with E-state index >= 15 is 0 Å². The lowest BCUT2D eigenvalue weighted by molar-refractivity contribution is 0.0643. The lowest BCUT2D eigenvalue weighted by Crippen LogP contribution is -2.14. The van der Waals surface area contributed by atoms with Gasteiger partial charge >= 0.3 is 0 Å². The summed E-state index contributed by atoms with van der Waals surface area (Å²) in [6, 6.07) is 6.27. The van der Waals surface area contributed by atoms with Crippen molar-refractivity contribution in [1.29, 1.82) is 0 Å². The molecule has 0 amide bonds. The quantitative estimate of drug-likeness (QED) is 0.633. The molecule has 4 nitrogen and oxygen atoms in total.